The molecule has 0 bridgehead atoms. The van der Waals surface area contributed by atoms with Crippen LogP contribution in [0.5, 0.6) is 5.75 Å². The van der Waals surface area contributed by atoms with Crippen LogP contribution in [0.4, 0.5) is 0 Å². The molecule has 0 radical (unpaired) electrons. The number of ether oxygens (including phenoxy) is 2. The van der Waals surface area contributed by atoms with E-state index < -0.39 is 6.10 Å². The molecular formula is C15H10N4O2. The van der Waals surface area contributed by atoms with Gasteiger partial charge in [-0.05, 0) is 17.7 Å². The third kappa shape index (κ3) is 2.36. The van der Waals surface area contributed by atoms with Gasteiger partial charge in [0.25, 0.3) is 0 Å². The summed E-state index contributed by atoms with van der Waals surface area (Å²) in [4.78, 5) is 0. The minimum atomic E-state index is -0.750. The smallest absolute Gasteiger partial charge is 0.203 e. The summed E-state index contributed by atoms with van der Waals surface area (Å²) in [6.07, 6.45) is -0.750. The van der Waals surface area contributed by atoms with Crippen LogP contribution in [0.15, 0.2) is 46.9 Å². The van der Waals surface area contributed by atoms with Crippen LogP contribution in [0.2, 0.25) is 0 Å². The molecule has 0 aromatic heterocycles. The van der Waals surface area contributed by atoms with Crippen LogP contribution in [0.3, 0.4) is 0 Å². The molecule has 1 aliphatic rings. The lowest BCUT2D eigenvalue weighted by Gasteiger charge is -2.14. The van der Waals surface area contributed by atoms with E-state index in [0.717, 1.165) is 0 Å². The van der Waals surface area contributed by atoms with Crippen molar-refractivity contribution in [2.45, 2.75) is 6.10 Å². The monoisotopic (exact) mass is 278 g/mol. The number of benzene rings is 1. The lowest BCUT2D eigenvalue weighted by Crippen LogP contribution is -2.04. The van der Waals surface area contributed by atoms with Crippen molar-refractivity contribution >= 4 is 0 Å². The first kappa shape index (κ1) is 14.0. The standard InChI is InChI=1S/C15H10N4O2/c1-20-11-4-2-9(3-5-11)14-13(10(6-16)7-17)12(8-18)15(19)21-14/h2-5,14H,19H2,1H3/t14-/m0/s1. The molecular weight excluding hydrogens is 268 g/mol. The molecule has 21 heavy (non-hydrogen) atoms. The van der Waals surface area contributed by atoms with E-state index in [-0.39, 0.29) is 22.6 Å². The SMILES string of the molecule is COc1ccc([C@@H]2OC(N)=C(C#N)C2=C(C#N)C#N)cc1. The van der Waals surface area contributed by atoms with Crippen molar-refractivity contribution in [2.24, 2.45) is 5.73 Å². The average Bonchev–Trinajstić information content (AvgIpc) is 2.85. The van der Waals surface area contributed by atoms with Gasteiger partial charge >= 0.3 is 0 Å². The van der Waals surface area contributed by atoms with Crippen molar-refractivity contribution in [2.75, 3.05) is 7.11 Å². The van der Waals surface area contributed by atoms with Crippen molar-refractivity contribution in [3.63, 3.8) is 0 Å². The molecule has 0 saturated heterocycles. The molecule has 1 aromatic carbocycles. The lowest BCUT2D eigenvalue weighted by atomic mass is 9.94. The van der Waals surface area contributed by atoms with Gasteiger partial charge in [0.15, 0.2) is 6.10 Å². The van der Waals surface area contributed by atoms with E-state index in [4.69, 9.17) is 31.0 Å². The van der Waals surface area contributed by atoms with Gasteiger partial charge in [0, 0.05) is 5.57 Å². The Balaban J connectivity index is 2.55. The van der Waals surface area contributed by atoms with Gasteiger partial charge in [-0.1, -0.05) is 12.1 Å². The number of allylic oxidation sites excluding steroid dienone is 1. The van der Waals surface area contributed by atoms with Gasteiger partial charge in [-0.3, -0.25) is 0 Å². The second kappa shape index (κ2) is 5.69. The predicted octanol–water partition coefficient (Wildman–Crippen LogP) is 1.80. The zero-order valence-corrected chi connectivity index (χ0v) is 11.1. The van der Waals surface area contributed by atoms with Crippen molar-refractivity contribution in [3.8, 4) is 24.0 Å². The molecule has 6 heteroatoms. The Labute approximate surface area is 121 Å². The maximum absolute atomic E-state index is 9.15. The highest BCUT2D eigenvalue weighted by molar-refractivity contribution is 5.60. The minimum absolute atomic E-state index is 0.0221. The number of rotatable bonds is 2. The Hall–Kier alpha value is -3.43. The van der Waals surface area contributed by atoms with E-state index in [2.05, 4.69) is 0 Å². The molecule has 2 N–H and O–H groups in total. The molecule has 102 valence electrons. The van der Waals surface area contributed by atoms with Gasteiger partial charge in [-0.25, -0.2) is 0 Å². The fraction of sp³-hybridized carbons (Fsp3) is 0.133. The zero-order valence-electron chi connectivity index (χ0n) is 11.1. The molecule has 0 amide bonds. The van der Waals surface area contributed by atoms with E-state index in [1.807, 2.05) is 6.07 Å². The number of hydrogen-bond donors (Lipinski definition) is 1. The van der Waals surface area contributed by atoms with Crippen molar-refractivity contribution in [1.82, 2.24) is 0 Å². The molecule has 0 unspecified atom stereocenters. The molecule has 1 aliphatic heterocycles. The molecule has 0 fully saturated rings. The highest BCUT2D eigenvalue weighted by Gasteiger charge is 2.34. The maximum Gasteiger partial charge on any atom is 0.203 e. The number of nitrogens with two attached hydrogens (primary N) is 1. The van der Waals surface area contributed by atoms with Crippen LogP contribution < -0.4 is 10.5 Å². The highest BCUT2D eigenvalue weighted by Crippen LogP contribution is 2.40. The van der Waals surface area contributed by atoms with Crippen molar-refractivity contribution in [3.05, 3.63) is 52.4 Å². The first-order valence-corrected chi connectivity index (χ1v) is 5.91. The summed E-state index contributed by atoms with van der Waals surface area (Å²) >= 11 is 0. The van der Waals surface area contributed by atoms with Gasteiger partial charge in [-0.15, -0.1) is 0 Å². The Morgan fingerprint density at radius 2 is 1.81 bits per heavy atom. The maximum atomic E-state index is 9.15. The van der Waals surface area contributed by atoms with Gasteiger partial charge < -0.3 is 15.2 Å². The number of nitriles is 3. The summed E-state index contributed by atoms with van der Waals surface area (Å²) < 4.78 is 10.5. The average molecular weight is 278 g/mol. The van der Waals surface area contributed by atoms with Crippen LogP contribution in [-0.4, -0.2) is 7.11 Å². The van der Waals surface area contributed by atoms with Crippen LogP contribution in [0.1, 0.15) is 11.7 Å². The number of methoxy groups -OCH3 is 1. The van der Waals surface area contributed by atoms with Gasteiger partial charge in [0.1, 0.15) is 35.1 Å². The molecule has 1 heterocycles. The van der Waals surface area contributed by atoms with Gasteiger partial charge in [0.2, 0.25) is 5.88 Å². The quantitative estimate of drug-likeness (QED) is 0.824. The molecule has 0 spiro atoms. The Bertz CT molecular complexity index is 739. The summed E-state index contributed by atoms with van der Waals surface area (Å²) in [6.45, 7) is 0. The second-order valence-electron chi connectivity index (χ2n) is 4.13. The predicted molar refractivity (Wildman–Crippen MR) is 71.9 cm³/mol. The fourth-order valence-electron chi connectivity index (χ4n) is 2.04. The Morgan fingerprint density at radius 3 is 2.29 bits per heavy atom. The summed E-state index contributed by atoms with van der Waals surface area (Å²) in [5.74, 6) is 0.570. The first-order chi connectivity index (χ1) is 10.2. The summed E-state index contributed by atoms with van der Waals surface area (Å²) in [6, 6.07) is 12.3. The third-order valence-corrected chi connectivity index (χ3v) is 3.05. The molecule has 2 rings (SSSR count). The molecule has 1 atom stereocenters. The van der Waals surface area contributed by atoms with Crippen LogP contribution in [-0.2, 0) is 4.74 Å². The van der Waals surface area contributed by atoms with Gasteiger partial charge in [0.05, 0.1) is 7.11 Å². The van der Waals surface area contributed by atoms with E-state index in [1.54, 1.807) is 43.5 Å². The fourth-order valence-corrected chi connectivity index (χ4v) is 2.04. The first-order valence-electron chi connectivity index (χ1n) is 5.91. The van der Waals surface area contributed by atoms with E-state index in [1.165, 1.54) is 0 Å². The summed E-state index contributed by atoms with van der Waals surface area (Å²) in [5, 5.41) is 27.3. The Morgan fingerprint density at radius 1 is 1.19 bits per heavy atom. The highest BCUT2D eigenvalue weighted by atomic mass is 16.5. The Kier molecular flexibility index (Phi) is 3.79. The largest absolute Gasteiger partial charge is 0.497 e. The van der Waals surface area contributed by atoms with E-state index in [9.17, 15) is 0 Å². The molecule has 0 saturated carbocycles. The summed E-state index contributed by atoms with van der Waals surface area (Å²) in [5.41, 5.74) is 6.37. The lowest BCUT2D eigenvalue weighted by molar-refractivity contribution is 0.166. The normalized spacial score (nSPS) is 16.5. The van der Waals surface area contributed by atoms with Crippen LogP contribution >= 0.6 is 0 Å². The van der Waals surface area contributed by atoms with Crippen molar-refractivity contribution < 1.29 is 9.47 Å². The second-order valence-corrected chi connectivity index (χ2v) is 4.13. The van der Waals surface area contributed by atoms with Crippen molar-refractivity contribution in [1.29, 1.82) is 15.8 Å². The minimum Gasteiger partial charge on any atom is -0.497 e. The topological polar surface area (TPSA) is 116 Å². The molecule has 6 nitrogen and oxygen atoms in total. The van der Waals surface area contributed by atoms with Gasteiger partial charge in [-0.2, -0.15) is 15.8 Å². The van der Waals surface area contributed by atoms with Crippen LogP contribution in [0, 0.1) is 34.0 Å². The van der Waals surface area contributed by atoms with Crippen LogP contribution in [0.25, 0.3) is 0 Å². The summed E-state index contributed by atoms with van der Waals surface area (Å²) in [7, 11) is 1.54. The number of hydrogen-bond acceptors (Lipinski definition) is 6. The zero-order chi connectivity index (χ0) is 15.4. The molecule has 1 aromatic rings. The third-order valence-electron chi connectivity index (χ3n) is 3.05. The van der Waals surface area contributed by atoms with E-state index in [0.29, 0.717) is 11.3 Å². The molecule has 0 aliphatic carbocycles. The van der Waals surface area contributed by atoms with E-state index >= 15 is 0 Å². The number of nitrogens with zero attached hydrogens (tertiary/aromatic N) is 3.